The largest absolute Gasteiger partial charge is 0.455 e. The number of para-hydroxylation sites is 1. The molecule has 506 valence electrons. The van der Waals surface area contributed by atoms with Crippen molar-refractivity contribution in [3.63, 3.8) is 0 Å². The van der Waals surface area contributed by atoms with E-state index in [4.69, 9.17) is 8.83 Å². The zero-order valence-corrected chi connectivity index (χ0v) is 59.3. The Morgan fingerprint density at radius 1 is 0.352 bits per heavy atom. The maximum absolute atomic E-state index is 8.21. The molecule has 22 rings (SSSR count). The molecule has 1 aliphatic heterocycles. The normalized spacial score (nSPS) is 14.7. The van der Waals surface area contributed by atoms with Crippen LogP contribution in [0.2, 0.25) is 0 Å². The summed E-state index contributed by atoms with van der Waals surface area (Å²) in [5.41, 5.74) is 27.6. The van der Waals surface area contributed by atoms with E-state index in [0.29, 0.717) is 0 Å². The molecule has 4 heteroatoms. The topological polar surface area (TPSA) is 32.8 Å². The number of nitrogens with zero attached hydrogens (tertiary/aromatic N) is 2. The van der Waals surface area contributed by atoms with Gasteiger partial charge in [-0.25, -0.2) is 0 Å². The lowest BCUT2D eigenvalue weighted by Crippen LogP contribution is -2.34. The van der Waals surface area contributed by atoms with Gasteiger partial charge in [0, 0.05) is 61.1 Å². The van der Waals surface area contributed by atoms with Crippen LogP contribution >= 0.6 is 0 Å². The highest BCUT2D eigenvalue weighted by atomic mass is 16.3. The first-order valence-electron chi connectivity index (χ1n) is 37.6. The van der Waals surface area contributed by atoms with E-state index in [1.807, 2.05) is 0 Å². The monoisotopic (exact) mass is 1380 g/mol. The Morgan fingerprint density at radius 3 is 1.83 bits per heavy atom. The van der Waals surface area contributed by atoms with E-state index in [1.165, 1.54) is 72.0 Å². The van der Waals surface area contributed by atoms with Crippen LogP contribution in [0.3, 0.4) is 0 Å². The highest BCUT2D eigenvalue weighted by Crippen LogP contribution is 2.57. The van der Waals surface area contributed by atoms with Gasteiger partial charge in [-0.15, -0.1) is 0 Å². The standard InChI is InChI=1S/C104H68N2O2/c1-64-45-51-81-76(54-64)59-89(85-38-19-18-36-83(81)85)75-49-52-87-96(62-75)107-104-98-77(61-95(100(87)104)106(93-44-20-34-74-56-69-32-14-15-33-70(69)58-90(74)93)78-50-48-72-55-71(46-47-73(72)57-78)65-24-6-2-7-25-65)60-94(105-53-23-42-86-80(39-22-43-92(86)105)67-28-10-4-11-29-67)99-91(84-37-17-16-35-79(84)66-26-8-3-9-27-66)63-97-101(102(98)99)88-41-21-40-82(103(88)108-97)68-30-12-5-13-31-68/h2-58,60-63,89,92H,59H2,1H3. The summed E-state index contributed by atoms with van der Waals surface area (Å²) in [7, 11) is 0. The summed E-state index contributed by atoms with van der Waals surface area (Å²) >= 11 is 0. The molecule has 108 heavy (non-hydrogen) atoms. The first-order valence-corrected chi connectivity index (χ1v) is 37.6. The zero-order chi connectivity index (χ0) is 71.1. The number of anilines is 4. The highest BCUT2D eigenvalue weighted by Gasteiger charge is 2.35. The molecule has 0 saturated carbocycles. The first-order chi connectivity index (χ1) is 53.5. The second-order valence-electron chi connectivity index (χ2n) is 29.4. The summed E-state index contributed by atoms with van der Waals surface area (Å²) in [6.07, 6.45) is 14.6. The SMILES string of the molecule is Cc1ccc2c(c1)CC(c1ccc3c(c1)oc1c3c(N(c3ccc4cc(-c5ccccc5)ccc4c3)c3cccc4cc5ccccc5cc34)cc3cc(N4C=CC=C5C(c6ccccc6)=CC=CC54)c4c(-c5ccccc5-c5ccccc5)cc5oc6c(-c7ccccc7)cccc6c5c4c31)c1ccccc1-2. The maximum Gasteiger partial charge on any atom is 0.146 e. The molecular weight excluding hydrogens is 1310 g/mol. The van der Waals surface area contributed by atoms with Gasteiger partial charge in [0.25, 0.3) is 0 Å². The lowest BCUT2D eigenvalue weighted by Gasteiger charge is -2.37. The van der Waals surface area contributed by atoms with Crippen molar-refractivity contribution in [1.82, 2.24) is 0 Å². The van der Waals surface area contributed by atoms with Gasteiger partial charge in [0.2, 0.25) is 0 Å². The molecular formula is C104H68N2O2. The van der Waals surface area contributed by atoms with Gasteiger partial charge >= 0.3 is 0 Å². The summed E-state index contributed by atoms with van der Waals surface area (Å²) in [5.74, 6) is 0.0697. The van der Waals surface area contributed by atoms with Gasteiger partial charge in [-0.1, -0.05) is 303 Å². The Kier molecular flexibility index (Phi) is 14.1. The number of hydrogen-bond donors (Lipinski definition) is 0. The number of allylic oxidation sites excluding steroid dienone is 4. The van der Waals surface area contributed by atoms with E-state index < -0.39 is 0 Å². The number of benzene rings is 17. The molecule has 2 atom stereocenters. The Labute approximate surface area is 625 Å². The van der Waals surface area contributed by atoms with Gasteiger partial charge in [0.05, 0.1) is 28.5 Å². The minimum absolute atomic E-state index is 0.0697. The molecule has 3 aliphatic rings. The second kappa shape index (κ2) is 24.7. The molecule has 19 aromatic rings. The average Bonchev–Trinajstić information content (AvgIpc) is 1.42. The lowest BCUT2D eigenvalue weighted by molar-refractivity contribution is 0.670. The zero-order valence-electron chi connectivity index (χ0n) is 59.3. The van der Waals surface area contributed by atoms with Crippen LogP contribution < -0.4 is 9.80 Å². The molecule has 2 aliphatic carbocycles. The van der Waals surface area contributed by atoms with Gasteiger partial charge in [0.1, 0.15) is 22.3 Å². The third-order valence-electron chi connectivity index (χ3n) is 23.2. The fourth-order valence-electron chi connectivity index (χ4n) is 18.3. The van der Waals surface area contributed by atoms with E-state index in [0.717, 1.165) is 150 Å². The maximum atomic E-state index is 8.21. The lowest BCUT2D eigenvalue weighted by atomic mass is 9.75. The predicted molar refractivity (Wildman–Crippen MR) is 454 cm³/mol. The van der Waals surface area contributed by atoms with E-state index in [2.05, 4.69) is 387 Å². The first kappa shape index (κ1) is 61.7. The molecule has 0 amide bonds. The number of fused-ring (bicyclic) bond motifs is 18. The van der Waals surface area contributed by atoms with Gasteiger partial charge < -0.3 is 18.6 Å². The van der Waals surface area contributed by atoms with Crippen LogP contribution in [0.1, 0.15) is 33.7 Å². The van der Waals surface area contributed by atoms with Crippen LogP contribution in [-0.2, 0) is 6.42 Å². The predicted octanol–water partition coefficient (Wildman–Crippen LogP) is 28.3. The van der Waals surface area contributed by atoms with E-state index in [-0.39, 0.29) is 12.0 Å². The number of furan rings is 2. The minimum atomic E-state index is -0.190. The van der Waals surface area contributed by atoms with Crippen molar-refractivity contribution >= 4 is 126 Å². The summed E-state index contributed by atoms with van der Waals surface area (Å²) in [5, 5.41) is 15.2. The van der Waals surface area contributed by atoms with Crippen molar-refractivity contribution in [2.45, 2.75) is 25.3 Å². The van der Waals surface area contributed by atoms with Crippen LogP contribution in [0.15, 0.2) is 385 Å². The Bertz CT molecular complexity index is 7100. The van der Waals surface area contributed by atoms with Crippen molar-refractivity contribution in [3.8, 4) is 55.6 Å². The summed E-state index contributed by atoms with van der Waals surface area (Å²) in [6.45, 7) is 2.21. The molecule has 0 saturated heterocycles. The third-order valence-corrected chi connectivity index (χ3v) is 23.2. The highest BCUT2D eigenvalue weighted by molar-refractivity contribution is 6.39. The molecule has 0 spiro atoms. The molecule has 0 radical (unpaired) electrons. The Balaban J connectivity index is 0.912. The number of rotatable bonds is 10. The van der Waals surface area contributed by atoms with Gasteiger partial charge in [-0.3, -0.25) is 0 Å². The summed E-state index contributed by atoms with van der Waals surface area (Å²) < 4.78 is 15.9. The van der Waals surface area contributed by atoms with Gasteiger partial charge in [-0.2, -0.15) is 0 Å². The summed E-state index contributed by atoms with van der Waals surface area (Å²) in [4.78, 5) is 5.09. The van der Waals surface area contributed by atoms with Crippen LogP contribution in [0, 0.1) is 6.92 Å². The van der Waals surface area contributed by atoms with Crippen LogP contribution in [0.5, 0.6) is 0 Å². The molecule has 17 aromatic carbocycles. The smallest absolute Gasteiger partial charge is 0.146 e. The van der Waals surface area contributed by atoms with Crippen LogP contribution in [-0.4, -0.2) is 6.04 Å². The van der Waals surface area contributed by atoms with Gasteiger partial charge in [0.15, 0.2) is 0 Å². The van der Waals surface area contributed by atoms with Crippen molar-refractivity contribution in [3.05, 3.63) is 404 Å². The van der Waals surface area contributed by atoms with Crippen LogP contribution in [0.4, 0.5) is 22.7 Å². The molecule has 0 N–H and O–H groups in total. The molecule has 2 aromatic heterocycles. The molecule has 0 bridgehead atoms. The van der Waals surface area contributed by atoms with Crippen molar-refractivity contribution in [2.24, 2.45) is 0 Å². The quantitative estimate of drug-likeness (QED) is 0.101. The summed E-state index contributed by atoms with van der Waals surface area (Å²) in [6, 6.07) is 123. The molecule has 4 nitrogen and oxygen atoms in total. The van der Waals surface area contributed by atoms with Crippen molar-refractivity contribution in [1.29, 1.82) is 0 Å². The van der Waals surface area contributed by atoms with Crippen molar-refractivity contribution < 1.29 is 8.83 Å². The van der Waals surface area contributed by atoms with Crippen LogP contribution in [0.25, 0.3) is 159 Å². The number of hydrogen-bond acceptors (Lipinski definition) is 4. The average molecular weight is 1380 g/mol. The van der Waals surface area contributed by atoms with E-state index in [9.17, 15) is 0 Å². The Morgan fingerprint density at radius 2 is 1.02 bits per heavy atom. The fourth-order valence-corrected chi connectivity index (χ4v) is 18.3. The molecule has 3 heterocycles. The minimum Gasteiger partial charge on any atom is -0.455 e. The van der Waals surface area contributed by atoms with Crippen molar-refractivity contribution in [2.75, 3.05) is 9.80 Å². The molecule has 0 fully saturated rings. The Hall–Kier alpha value is -13.8. The third kappa shape index (κ3) is 9.84. The number of aryl methyl sites for hydroxylation is 1. The van der Waals surface area contributed by atoms with Gasteiger partial charge in [-0.05, 0) is 196 Å². The molecule has 2 unspecified atom stereocenters. The van der Waals surface area contributed by atoms with E-state index in [1.54, 1.807) is 0 Å². The second-order valence-corrected chi connectivity index (χ2v) is 29.4. The van der Waals surface area contributed by atoms with E-state index >= 15 is 0 Å². The fraction of sp³-hybridized carbons (Fsp3) is 0.0385.